The van der Waals surface area contributed by atoms with Crippen LogP contribution in [0.4, 0.5) is 10.2 Å². The van der Waals surface area contributed by atoms with Gasteiger partial charge in [0.1, 0.15) is 17.3 Å². The third-order valence-corrected chi connectivity index (χ3v) is 5.69. The zero-order valence-electron chi connectivity index (χ0n) is 18.7. The van der Waals surface area contributed by atoms with Gasteiger partial charge in [-0.05, 0) is 37.5 Å². The van der Waals surface area contributed by atoms with E-state index in [0.29, 0.717) is 23.1 Å². The van der Waals surface area contributed by atoms with Gasteiger partial charge in [-0.2, -0.15) is 14.9 Å². The van der Waals surface area contributed by atoms with E-state index in [-0.39, 0.29) is 17.1 Å². The molecule has 3 heterocycles. The number of carbonyl (C=O) groups excluding carboxylic acids is 1. The van der Waals surface area contributed by atoms with Gasteiger partial charge in [-0.25, -0.2) is 19.0 Å². The zero-order valence-corrected chi connectivity index (χ0v) is 18.7. The summed E-state index contributed by atoms with van der Waals surface area (Å²) in [7, 11) is 0. The van der Waals surface area contributed by atoms with Gasteiger partial charge in [0.2, 0.25) is 0 Å². The maximum Gasteiger partial charge on any atom is 0.277 e. The van der Waals surface area contributed by atoms with Crippen LogP contribution < -0.4 is 5.32 Å². The smallest absolute Gasteiger partial charge is 0.277 e. The van der Waals surface area contributed by atoms with Crippen LogP contribution in [0.15, 0.2) is 48.8 Å². The Balaban J connectivity index is 1.55. The van der Waals surface area contributed by atoms with E-state index >= 15 is 0 Å². The topological polar surface area (TPSA) is 90.5 Å². The summed E-state index contributed by atoms with van der Waals surface area (Å²) in [6.07, 6.45) is 5.60. The standard InChI is InChI=1S/C24H24FN7O/c1-24(2,3)19-14-20(32(29-19)23-26-12-7-13-27-23)28-22(33)21-15-8-6-11-17(15)31(30-21)18-10-5-4-9-16(18)25/h4-5,7,9-10,12-14H,6,8,11H2,1-3H3,(H,28,33). The number of rotatable bonds is 4. The van der Waals surface area contributed by atoms with Crippen LogP contribution in [0.1, 0.15) is 54.6 Å². The fourth-order valence-electron chi connectivity index (χ4n) is 4.01. The second-order valence-corrected chi connectivity index (χ2v) is 9.07. The van der Waals surface area contributed by atoms with Gasteiger partial charge < -0.3 is 5.32 Å². The van der Waals surface area contributed by atoms with Crippen molar-refractivity contribution in [1.29, 1.82) is 0 Å². The molecule has 0 aliphatic heterocycles. The molecule has 1 aliphatic rings. The lowest BCUT2D eigenvalue weighted by Crippen LogP contribution is -2.18. The number of hydrogen-bond acceptors (Lipinski definition) is 5. The molecule has 0 saturated carbocycles. The maximum absolute atomic E-state index is 14.5. The summed E-state index contributed by atoms with van der Waals surface area (Å²) in [5.74, 6) is 0.0466. The Morgan fingerprint density at radius 1 is 1.03 bits per heavy atom. The van der Waals surface area contributed by atoms with E-state index in [4.69, 9.17) is 0 Å². The van der Waals surface area contributed by atoms with Crippen molar-refractivity contribution in [2.75, 3.05) is 5.32 Å². The third kappa shape index (κ3) is 3.79. The molecule has 8 nitrogen and oxygen atoms in total. The van der Waals surface area contributed by atoms with Crippen molar-refractivity contribution in [3.63, 3.8) is 0 Å². The van der Waals surface area contributed by atoms with Gasteiger partial charge in [-0.1, -0.05) is 32.9 Å². The fourth-order valence-corrected chi connectivity index (χ4v) is 4.01. The quantitative estimate of drug-likeness (QED) is 0.512. The number of nitrogens with zero attached hydrogens (tertiary/aromatic N) is 6. The van der Waals surface area contributed by atoms with Crippen molar-refractivity contribution in [3.05, 3.63) is 77.3 Å². The Bertz CT molecular complexity index is 1330. The summed E-state index contributed by atoms with van der Waals surface area (Å²) in [5, 5.41) is 12.1. The molecular weight excluding hydrogens is 421 g/mol. The van der Waals surface area contributed by atoms with Gasteiger partial charge in [-0.15, -0.1) is 0 Å². The lowest BCUT2D eigenvalue weighted by atomic mass is 9.92. The predicted octanol–water partition coefficient (Wildman–Crippen LogP) is 4.03. The summed E-state index contributed by atoms with van der Waals surface area (Å²) in [5.41, 5.74) is 2.91. The van der Waals surface area contributed by atoms with E-state index in [9.17, 15) is 9.18 Å². The average Bonchev–Trinajstić information content (AvgIpc) is 3.50. The van der Waals surface area contributed by atoms with Crippen molar-refractivity contribution in [1.82, 2.24) is 29.5 Å². The highest BCUT2D eigenvalue weighted by molar-refractivity contribution is 6.04. The number of carbonyl (C=O) groups is 1. The lowest BCUT2D eigenvalue weighted by Gasteiger charge is -2.13. The second-order valence-electron chi connectivity index (χ2n) is 9.07. The predicted molar refractivity (Wildman–Crippen MR) is 121 cm³/mol. The van der Waals surface area contributed by atoms with Gasteiger partial charge in [0.15, 0.2) is 5.69 Å². The van der Waals surface area contributed by atoms with Gasteiger partial charge in [-0.3, -0.25) is 4.79 Å². The Hall–Kier alpha value is -3.88. The van der Waals surface area contributed by atoms with Crippen LogP contribution in [0, 0.1) is 5.82 Å². The van der Waals surface area contributed by atoms with Crippen molar-refractivity contribution < 1.29 is 9.18 Å². The molecule has 1 aromatic carbocycles. The van der Waals surface area contributed by atoms with E-state index < -0.39 is 0 Å². The van der Waals surface area contributed by atoms with Crippen molar-refractivity contribution in [2.45, 2.75) is 45.4 Å². The molecule has 0 radical (unpaired) electrons. The molecule has 168 valence electrons. The fraction of sp³-hybridized carbons (Fsp3) is 0.292. The molecule has 1 N–H and O–H groups in total. The highest BCUT2D eigenvalue weighted by Crippen LogP contribution is 2.30. The van der Waals surface area contributed by atoms with Crippen LogP contribution in [-0.2, 0) is 18.3 Å². The molecule has 4 aromatic rings. The number of para-hydroxylation sites is 1. The van der Waals surface area contributed by atoms with Crippen LogP contribution >= 0.6 is 0 Å². The third-order valence-electron chi connectivity index (χ3n) is 5.69. The maximum atomic E-state index is 14.5. The molecule has 0 atom stereocenters. The van der Waals surface area contributed by atoms with Crippen LogP contribution in [0.3, 0.4) is 0 Å². The van der Waals surface area contributed by atoms with Crippen LogP contribution in [0.25, 0.3) is 11.6 Å². The van der Waals surface area contributed by atoms with Gasteiger partial charge in [0, 0.05) is 35.1 Å². The molecule has 0 fully saturated rings. The number of anilines is 1. The molecule has 0 unspecified atom stereocenters. The highest BCUT2D eigenvalue weighted by atomic mass is 19.1. The van der Waals surface area contributed by atoms with Crippen molar-refractivity contribution in [2.24, 2.45) is 0 Å². The average molecular weight is 446 g/mol. The van der Waals surface area contributed by atoms with Crippen molar-refractivity contribution in [3.8, 4) is 11.6 Å². The number of fused-ring (bicyclic) bond motifs is 1. The van der Waals surface area contributed by atoms with Crippen LogP contribution in [-0.4, -0.2) is 35.4 Å². The number of nitrogens with one attached hydrogen (secondary N) is 1. The van der Waals surface area contributed by atoms with Gasteiger partial charge in [0.05, 0.1) is 5.69 Å². The number of amides is 1. The molecule has 0 spiro atoms. The first kappa shape index (κ1) is 21.0. The number of hydrogen-bond donors (Lipinski definition) is 1. The minimum absolute atomic E-state index is 0.243. The summed E-state index contributed by atoms with van der Waals surface area (Å²) >= 11 is 0. The molecular formula is C24H24FN7O. The minimum Gasteiger partial charge on any atom is -0.305 e. The molecule has 0 saturated heterocycles. The van der Waals surface area contributed by atoms with Crippen LogP contribution in [0.5, 0.6) is 0 Å². The Labute approximate surface area is 190 Å². The van der Waals surface area contributed by atoms with E-state index in [1.807, 2.05) is 26.8 Å². The summed E-state index contributed by atoms with van der Waals surface area (Å²) in [6.45, 7) is 6.13. The first-order valence-corrected chi connectivity index (χ1v) is 10.9. The number of benzene rings is 1. The molecule has 3 aromatic heterocycles. The van der Waals surface area contributed by atoms with E-state index in [1.54, 1.807) is 41.3 Å². The summed E-state index contributed by atoms with van der Waals surface area (Å²) < 4.78 is 17.5. The van der Waals surface area contributed by atoms with Gasteiger partial charge >= 0.3 is 0 Å². The Morgan fingerprint density at radius 2 is 1.79 bits per heavy atom. The summed E-state index contributed by atoms with van der Waals surface area (Å²) in [4.78, 5) is 21.9. The molecule has 5 rings (SSSR count). The first-order valence-electron chi connectivity index (χ1n) is 10.9. The molecule has 1 aliphatic carbocycles. The summed E-state index contributed by atoms with van der Waals surface area (Å²) in [6, 6.07) is 9.99. The highest BCUT2D eigenvalue weighted by Gasteiger charge is 2.29. The molecule has 1 amide bonds. The first-order chi connectivity index (χ1) is 15.8. The number of halogens is 1. The van der Waals surface area contributed by atoms with Crippen LogP contribution in [0.2, 0.25) is 0 Å². The number of aromatic nitrogens is 6. The minimum atomic E-state index is -0.379. The monoisotopic (exact) mass is 445 g/mol. The van der Waals surface area contributed by atoms with Crippen molar-refractivity contribution >= 4 is 11.7 Å². The molecule has 9 heteroatoms. The molecule has 0 bridgehead atoms. The largest absolute Gasteiger partial charge is 0.305 e. The van der Waals surface area contributed by atoms with E-state index in [2.05, 4.69) is 25.5 Å². The molecule has 33 heavy (non-hydrogen) atoms. The van der Waals surface area contributed by atoms with E-state index in [1.165, 1.54) is 10.7 Å². The Kier molecular flexibility index (Phi) is 5.03. The second kappa shape index (κ2) is 7.91. The Morgan fingerprint density at radius 3 is 2.52 bits per heavy atom. The van der Waals surface area contributed by atoms with E-state index in [0.717, 1.165) is 36.2 Å². The van der Waals surface area contributed by atoms with Gasteiger partial charge in [0.25, 0.3) is 11.9 Å². The zero-order chi connectivity index (χ0) is 23.2. The lowest BCUT2D eigenvalue weighted by molar-refractivity contribution is 0.102. The SMILES string of the molecule is CC(C)(C)c1cc(NC(=O)c2nn(-c3ccccc3F)c3c2CCC3)n(-c2ncccn2)n1. The normalized spacial score (nSPS) is 13.2.